The fourth-order valence-corrected chi connectivity index (χ4v) is 2.13. The van der Waals surface area contributed by atoms with Gasteiger partial charge in [-0.1, -0.05) is 15.9 Å². The van der Waals surface area contributed by atoms with Crippen molar-refractivity contribution in [1.29, 1.82) is 0 Å². The van der Waals surface area contributed by atoms with Gasteiger partial charge in [-0.2, -0.15) is 8.42 Å². The summed E-state index contributed by atoms with van der Waals surface area (Å²) < 4.78 is 35.4. The van der Waals surface area contributed by atoms with Crippen LogP contribution >= 0.6 is 15.9 Å². The number of aliphatic hydroxyl groups is 1. The van der Waals surface area contributed by atoms with Crippen LogP contribution in [-0.4, -0.2) is 25.2 Å². The summed E-state index contributed by atoms with van der Waals surface area (Å²) in [5.41, 5.74) is -1.96. The van der Waals surface area contributed by atoms with Crippen LogP contribution in [0.3, 0.4) is 0 Å². The monoisotopic (exact) mass is 296 g/mol. The molecule has 0 saturated heterocycles. The van der Waals surface area contributed by atoms with E-state index >= 15 is 0 Å². The van der Waals surface area contributed by atoms with Crippen LogP contribution in [0.15, 0.2) is 22.7 Å². The molecule has 1 atom stereocenters. The summed E-state index contributed by atoms with van der Waals surface area (Å²) in [6, 6.07) is 4.43. The SMILES string of the molecule is COc1ccc(Br)c(C(O)S(=O)(=O)O)c1. The largest absolute Gasteiger partial charge is 0.497 e. The van der Waals surface area contributed by atoms with Gasteiger partial charge in [-0.15, -0.1) is 0 Å². The average Bonchev–Trinajstić information content (AvgIpc) is 2.16. The molecule has 1 rings (SSSR count). The molecule has 84 valence electrons. The summed E-state index contributed by atoms with van der Waals surface area (Å²) >= 11 is 3.06. The number of ether oxygens (including phenoxy) is 1. The molecule has 0 radical (unpaired) electrons. The van der Waals surface area contributed by atoms with E-state index in [0.717, 1.165) is 0 Å². The Balaban J connectivity index is 3.24. The van der Waals surface area contributed by atoms with Crippen molar-refractivity contribution in [3.05, 3.63) is 28.2 Å². The first-order valence-electron chi connectivity index (χ1n) is 3.84. The van der Waals surface area contributed by atoms with E-state index in [0.29, 0.717) is 10.2 Å². The molecule has 0 aliphatic heterocycles. The molecule has 0 aliphatic rings. The third kappa shape index (κ3) is 2.91. The fraction of sp³-hybridized carbons (Fsp3) is 0.250. The molecule has 0 heterocycles. The quantitative estimate of drug-likeness (QED) is 0.822. The van der Waals surface area contributed by atoms with Gasteiger partial charge < -0.3 is 9.84 Å². The van der Waals surface area contributed by atoms with Gasteiger partial charge in [0.2, 0.25) is 5.44 Å². The van der Waals surface area contributed by atoms with E-state index < -0.39 is 15.6 Å². The Morgan fingerprint density at radius 3 is 2.53 bits per heavy atom. The second-order valence-corrected chi connectivity index (χ2v) is 5.09. The Morgan fingerprint density at radius 2 is 2.07 bits per heavy atom. The highest BCUT2D eigenvalue weighted by Crippen LogP contribution is 2.29. The third-order valence-corrected chi connectivity index (χ3v) is 3.29. The minimum Gasteiger partial charge on any atom is -0.497 e. The Labute approximate surface area is 95.6 Å². The number of benzene rings is 1. The molecule has 1 aromatic rings. The summed E-state index contributed by atoms with van der Waals surface area (Å²) in [7, 11) is -3.12. The van der Waals surface area contributed by atoms with Crippen molar-refractivity contribution in [1.82, 2.24) is 0 Å². The maximum absolute atomic E-state index is 10.7. The van der Waals surface area contributed by atoms with Crippen LogP contribution in [0.5, 0.6) is 5.75 Å². The molecule has 0 aromatic heterocycles. The molecular formula is C8H9BrO5S. The van der Waals surface area contributed by atoms with Crippen LogP contribution < -0.4 is 4.74 Å². The number of halogens is 1. The van der Waals surface area contributed by atoms with Crippen molar-refractivity contribution in [3.63, 3.8) is 0 Å². The molecule has 5 nitrogen and oxygen atoms in total. The highest BCUT2D eigenvalue weighted by Gasteiger charge is 2.24. The van der Waals surface area contributed by atoms with E-state index in [9.17, 15) is 13.5 Å². The van der Waals surface area contributed by atoms with E-state index in [4.69, 9.17) is 9.29 Å². The first-order valence-corrected chi connectivity index (χ1v) is 6.13. The number of aliphatic hydroxyl groups excluding tert-OH is 1. The summed E-state index contributed by atoms with van der Waals surface area (Å²) in [4.78, 5) is 0. The molecule has 0 spiro atoms. The summed E-state index contributed by atoms with van der Waals surface area (Å²) in [5, 5.41) is 9.33. The lowest BCUT2D eigenvalue weighted by molar-refractivity contribution is 0.237. The molecule has 7 heteroatoms. The van der Waals surface area contributed by atoms with Gasteiger partial charge in [0, 0.05) is 10.0 Å². The van der Waals surface area contributed by atoms with Crippen molar-refractivity contribution in [2.45, 2.75) is 5.44 Å². The van der Waals surface area contributed by atoms with Crippen LogP contribution in [0.1, 0.15) is 11.0 Å². The maximum atomic E-state index is 10.7. The first kappa shape index (κ1) is 12.4. The van der Waals surface area contributed by atoms with Crippen LogP contribution in [0.4, 0.5) is 0 Å². The van der Waals surface area contributed by atoms with Crippen LogP contribution in [-0.2, 0) is 10.1 Å². The molecular weight excluding hydrogens is 288 g/mol. The van der Waals surface area contributed by atoms with Crippen LogP contribution in [0.25, 0.3) is 0 Å². The fourth-order valence-electron chi connectivity index (χ4n) is 0.999. The lowest BCUT2D eigenvalue weighted by Gasteiger charge is -2.11. The molecule has 15 heavy (non-hydrogen) atoms. The minimum atomic E-state index is -4.53. The smallest absolute Gasteiger partial charge is 0.296 e. The van der Waals surface area contributed by atoms with E-state index in [-0.39, 0.29) is 5.56 Å². The average molecular weight is 297 g/mol. The Bertz CT molecular complexity index is 456. The lowest BCUT2D eigenvalue weighted by Crippen LogP contribution is -2.11. The van der Waals surface area contributed by atoms with Gasteiger partial charge >= 0.3 is 0 Å². The Kier molecular flexibility index (Phi) is 3.72. The summed E-state index contributed by atoms with van der Waals surface area (Å²) in [6.07, 6.45) is 0. The highest BCUT2D eigenvalue weighted by molar-refractivity contribution is 9.10. The van der Waals surface area contributed by atoms with Crippen molar-refractivity contribution >= 4 is 26.0 Å². The molecule has 1 aromatic carbocycles. The van der Waals surface area contributed by atoms with E-state index in [2.05, 4.69) is 15.9 Å². The zero-order valence-corrected chi connectivity index (χ0v) is 10.1. The first-order chi connectivity index (χ1) is 6.86. The van der Waals surface area contributed by atoms with Gasteiger partial charge in [0.25, 0.3) is 10.1 Å². The number of rotatable bonds is 3. The second-order valence-electron chi connectivity index (χ2n) is 2.75. The van der Waals surface area contributed by atoms with E-state index in [1.807, 2.05) is 0 Å². The molecule has 0 saturated carbocycles. The van der Waals surface area contributed by atoms with Crippen molar-refractivity contribution in [2.24, 2.45) is 0 Å². The maximum Gasteiger partial charge on any atom is 0.296 e. The molecule has 0 bridgehead atoms. The summed E-state index contributed by atoms with van der Waals surface area (Å²) in [6.45, 7) is 0. The normalized spacial score (nSPS) is 13.6. The van der Waals surface area contributed by atoms with Crippen LogP contribution in [0, 0.1) is 0 Å². The van der Waals surface area contributed by atoms with Gasteiger partial charge in [0.1, 0.15) is 5.75 Å². The molecule has 2 N–H and O–H groups in total. The zero-order chi connectivity index (χ0) is 11.6. The number of hydrogen-bond donors (Lipinski definition) is 2. The van der Waals surface area contributed by atoms with Crippen molar-refractivity contribution < 1.29 is 22.8 Å². The van der Waals surface area contributed by atoms with E-state index in [1.165, 1.54) is 19.2 Å². The second kappa shape index (κ2) is 4.48. The van der Waals surface area contributed by atoms with Gasteiger partial charge in [-0.3, -0.25) is 4.55 Å². The number of methoxy groups -OCH3 is 1. The van der Waals surface area contributed by atoms with Crippen molar-refractivity contribution in [2.75, 3.05) is 7.11 Å². The Morgan fingerprint density at radius 1 is 1.47 bits per heavy atom. The van der Waals surface area contributed by atoms with E-state index in [1.54, 1.807) is 6.07 Å². The summed E-state index contributed by atoms with van der Waals surface area (Å²) in [5.74, 6) is 0.385. The predicted molar refractivity (Wildman–Crippen MR) is 57.2 cm³/mol. The standard InChI is InChI=1S/C8H9BrO5S/c1-14-5-2-3-7(9)6(4-5)8(10)15(11,12)13/h2-4,8,10H,1H3,(H,11,12,13). The highest BCUT2D eigenvalue weighted by atomic mass is 79.9. The molecule has 0 amide bonds. The number of hydrogen-bond acceptors (Lipinski definition) is 4. The Hall–Kier alpha value is -0.630. The van der Waals surface area contributed by atoms with Gasteiger partial charge in [0.05, 0.1) is 7.11 Å². The van der Waals surface area contributed by atoms with Gasteiger partial charge in [-0.25, -0.2) is 0 Å². The molecule has 1 unspecified atom stereocenters. The molecule has 0 fully saturated rings. The predicted octanol–water partition coefficient (Wildman–Crippen LogP) is 1.34. The van der Waals surface area contributed by atoms with Crippen molar-refractivity contribution in [3.8, 4) is 5.75 Å². The zero-order valence-electron chi connectivity index (χ0n) is 7.71. The van der Waals surface area contributed by atoms with Gasteiger partial charge in [0.15, 0.2) is 0 Å². The van der Waals surface area contributed by atoms with Gasteiger partial charge in [-0.05, 0) is 18.2 Å². The third-order valence-electron chi connectivity index (χ3n) is 1.75. The van der Waals surface area contributed by atoms with Crippen LogP contribution in [0.2, 0.25) is 0 Å². The lowest BCUT2D eigenvalue weighted by atomic mass is 10.2. The topological polar surface area (TPSA) is 83.8 Å². The molecule has 0 aliphatic carbocycles. The minimum absolute atomic E-state index is 0.0249.